The van der Waals surface area contributed by atoms with Gasteiger partial charge in [-0.1, -0.05) is 18.2 Å². The lowest BCUT2D eigenvalue weighted by Gasteiger charge is -2.21. The van der Waals surface area contributed by atoms with Crippen LogP contribution < -0.4 is 22.1 Å². The molecule has 2 amide bonds. The predicted molar refractivity (Wildman–Crippen MR) is 91.7 cm³/mol. The molecule has 5 nitrogen and oxygen atoms in total. The van der Waals surface area contributed by atoms with Crippen molar-refractivity contribution < 1.29 is 4.79 Å². The minimum absolute atomic E-state index is 0.522. The third kappa shape index (κ3) is 3.27. The topological polar surface area (TPSA) is 84.4 Å². The van der Waals surface area contributed by atoms with Gasteiger partial charge in [-0.3, -0.25) is 5.43 Å². The number of hydrazine groups is 2. The Morgan fingerprint density at radius 2 is 2.18 bits per heavy atom. The van der Waals surface area contributed by atoms with Crippen LogP contribution in [0.4, 0.5) is 10.5 Å². The van der Waals surface area contributed by atoms with Gasteiger partial charge in [0.2, 0.25) is 0 Å². The van der Waals surface area contributed by atoms with Gasteiger partial charge in [0.1, 0.15) is 0 Å². The third-order valence-corrected chi connectivity index (χ3v) is 5.83. The third-order valence-electron chi connectivity index (χ3n) is 3.58. The van der Waals surface area contributed by atoms with E-state index in [0.29, 0.717) is 11.6 Å². The monoisotopic (exact) mass is 334 g/mol. The Labute approximate surface area is 137 Å². The Morgan fingerprint density at radius 1 is 1.36 bits per heavy atom. The maximum absolute atomic E-state index is 11.8. The molecule has 1 aromatic carbocycles. The van der Waals surface area contributed by atoms with Crippen LogP contribution in [0.25, 0.3) is 0 Å². The van der Waals surface area contributed by atoms with Crippen molar-refractivity contribution in [2.24, 2.45) is 11.7 Å². The number of rotatable bonds is 5. The molecule has 0 saturated heterocycles. The lowest BCUT2D eigenvalue weighted by Crippen LogP contribution is -2.47. The SMILES string of the molecule is NNC(=O)N(N)c1cccc(C2CC2)c1SCc1cccs1. The van der Waals surface area contributed by atoms with E-state index < -0.39 is 6.03 Å². The zero-order chi connectivity index (χ0) is 15.5. The molecular formula is C15H18N4OS2. The first-order valence-electron chi connectivity index (χ1n) is 7.04. The maximum Gasteiger partial charge on any atom is 0.350 e. The van der Waals surface area contributed by atoms with E-state index in [1.807, 2.05) is 18.2 Å². The summed E-state index contributed by atoms with van der Waals surface area (Å²) < 4.78 is 0. The van der Waals surface area contributed by atoms with E-state index in [9.17, 15) is 4.79 Å². The first-order chi connectivity index (χ1) is 10.7. The lowest BCUT2D eigenvalue weighted by atomic mass is 10.1. The molecule has 22 heavy (non-hydrogen) atoms. The van der Waals surface area contributed by atoms with E-state index >= 15 is 0 Å². The average Bonchev–Trinajstić information content (AvgIpc) is 3.27. The number of carbonyl (C=O) groups is 1. The van der Waals surface area contributed by atoms with Crippen LogP contribution in [0, 0.1) is 0 Å². The van der Waals surface area contributed by atoms with Gasteiger partial charge in [-0.2, -0.15) is 0 Å². The highest BCUT2D eigenvalue weighted by molar-refractivity contribution is 7.98. The van der Waals surface area contributed by atoms with Gasteiger partial charge >= 0.3 is 6.03 Å². The quantitative estimate of drug-likeness (QED) is 0.339. The molecule has 0 unspecified atom stereocenters. The number of amides is 2. The fourth-order valence-corrected chi connectivity index (χ4v) is 4.36. The summed E-state index contributed by atoms with van der Waals surface area (Å²) in [4.78, 5) is 14.1. The zero-order valence-electron chi connectivity index (χ0n) is 12.0. The number of thioether (sulfide) groups is 1. The van der Waals surface area contributed by atoms with Crippen LogP contribution in [0.2, 0.25) is 0 Å². The van der Waals surface area contributed by atoms with E-state index in [1.165, 1.54) is 23.3 Å². The molecule has 116 valence electrons. The largest absolute Gasteiger partial charge is 0.350 e. The minimum Gasteiger partial charge on any atom is -0.274 e. The highest BCUT2D eigenvalue weighted by atomic mass is 32.2. The molecule has 7 heteroatoms. The summed E-state index contributed by atoms with van der Waals surface area (Å²) in [5.41, 5.74) is 4.06. The predicted octanol–water partition coefficient (Wildman–Crippen LogP) is 3.18. The number of hydrogen-bond donors (Lipinski definition) is 3. The number of nitrogens with one attached hydrogen (secondary N) is 1. The Morgan fingerprint density at radius 3 is 2.82 bits per heavy atom. The summed E-state index contributed by atoms with van der Waals surface area (Å²) in [7, 11) is 0. The summed E-state index contributed by atoms with van der Waals surface area (Å²) >= 11 is 3.46. The summed E-state index contributed by atoms with van der Waals surface area (Å²) in [6.07, 6.45) is 2.40. The molecule has 1 aliphatic carbocycles. The molecular weight excluding hydrogens is 316 g/mol. The molecule has 1 saturated carbocycles. The van der Waals surface area contributed by atoms with Crippen LogP contribution in [-0.2, 0) is 5.75 Å². The second-order valence-corrected chi connectivity index (χ2v) is 7.18. The van der Waals surface area contributed by atoms with Gasteiger partial charge in [0, 0.05) is 15.5 Å². The molecule has 0 radical (unpaired) electrons. The smallest absolute Gasteiger partial charge is 0.274 e. The van der Waals surface area contributed by atoms with Crippen LogP contribution in [0.15, 0.2) is 40.6 Å². The van der Waals surface area contributed by atoms with Crippen molar-refractivity contribution in [3.8, 4) is 0 Å². The van der Waals surface area contributed by atoms with Crippen molar-refractivity contribution in [3.63, 3.8) is 0 Å². The molecule has 1 aliphatic rings. The fraction of sp³-hybridized carbons (Fsp3) is 0.267. The van der Waals surface area contributed by atoms with E-state index in [-0.39, 0.29) is 0 Å². The van der Waals surface area contributed by atoms with Crippen molar-refractivity contribution in [2.45, 2.75) is 29.4 Å². The Kier molecular flexibility index (Phi) is 4.68. The van der Waals surface area contributed by atoms with Gasteiger partial charge in [-0.15, -0.1) is 23.1 Å². The van der Waals surface area contributed by atoms with Gasteiger partial charge in [-0.05, 0) is 41.8 Å². The van der Waals surface area contributed by atoms with Crippen molar-refractivity contribution in [1.82, 2.24) is 5.43 Å². The second-order valence-electron chi connectivity index (χ2n) is 5.16. The molecule has 0 atom stereocenters. The number of benzene rings is 1. The summed E-state index contributed by atoms with van der Waals surface area (Å²) in [6.45, 7) is 0. The van der Waals surface area contributed by atoms with Gasteiger partial charge in [0.25, 0.3) is 0 Å². The zero-order valence-corrected chi connectivity index (χ0v) is 13.6. The Hall–Kier alpha value is -1.54. The van der Waals surface area contributed by atoms with Gasteiger partial charge in [-0.25, -0.2) is 21.5 Å². The summed E-state index contributed by atoms with van der Waals surface area (Å²) in [5, 5.41) is 3.16. The molecule has 1 heterocycles. The number of urea groups is 1. The Bertz CT molecular complexity index is 656. The van der Waals surface area contributed by atoms with Crippen LogP contribution >= 0.6 is 23.1 Å². The normalized spacial score (nSPS) is 13.9. The van der Waals surface area contributed by atoms with Gasteiger partial charge < -0.3 is 0 Å². The minimum atomic E-state index is -0.522. The number of nitrogens with two attached hydrogens (primary N) is 2. The number of nitrogens with zero attached hydrogens (tertiary/aromatic N) is 1. The van der Waals surface area contributed by atoms with E-state index in [2.05, 4.69) is 22.9 Å². The van der Waals surface area contributed by atoms with Gasteiger partial charge in [0.05, 0.1) is 5.69 Å². The molecule has 5 N–H and O–H groups in total. The maximum atomic E-state index is 11.8. The van der Waals surface area contributed by atoms with Crippen LogP contribution in [-0.4, -0.2) is 6.03 Å². The molecule has 1 aromatic heterocycles. The molecule has 0 spiro atoms. The van der Waals surface area contributed by atoms with E-state index in [1.54, 1.807) is 23.1 Å². The Balaban J connectivity index is 1.90. The first kappa shape index (κ1) is 15.4. The molecule has 3 rings (SSSR count). The molecule has 0 aliphatic heterocycles. The van der Waals surface area contributed by atoms with E-state index in [4.69, 9.17) is 11.7 Å². The van der Waals surface area contributed by atoms with Gasteiger partial charge in [0.15, 0.2) is 0 Å². The number of carbonyl (C=O) groups excluding carboxylic acids is 1. The molecule has 2 aromatic rings. The summed E-state index contributed by atoms with van der Waals surface area (Å²) in [6, 6.07) is 9.58. The molecule has 1 fully saturated rings. The fourth-order valence-electron chi connectivity index (χ4n) is 2.32. The lowest BCUT2D eigenvalue weighted by molar-refractivity contribution is 0.246. The van der Waals surface area contributed by atoms with Crippen molar-refractivity contribution >= 4 is 34.8 Å². The average molecular weight is 334 g/mol. The second kappa shape index (κ2) is 6.70. The summed E-state index contributed by atoms with van der Waals surface area (Å²) in [5.74, 6) is 12.6. The van der Waals surface area contributed by atoms with E-state index in [0.717, 1.165) is 15.7 Å². The molecule has 0 bridgehead atoms. The van der Waals surface area contributed by atoms with Crippen molar-refractivity contribution in [2.75, 3.05) is 5.01 Å². The van der Waals surface area contributed by atoms with Crippen LogP contribution in [0.3, 0.4) is 0 Å². The highest BCUT2D eigenvalue weighted by Gasteiger charge is 2.28. The van der Waals surface area contributed by atoms with Crippen molar-refractivity contribution in [1.29, 1.82) is 0 Å². The van der Waals surface area contributed by atoms with Crippen LogP contribution in [0.1, 0.15) is 29.2 Å². The standard InChI is InChI=1S/C15H18N4OS2/c16-18-15(20)19(17)13-5-1-4-12(10-6-7-10)14(13)22-9-11-3-2-8-21-11/h1-5,8,10H,6-7,9,16-17H2,(H,18,20). The van der Waals surface area contributed by atoms with Crippen LogP contribution in [0.5, 0.6) is 0 Å². The van der Waals surface area contributed by atoms with Crippen molar-refractivity contribution in [3.05, 3.63) is 46.2 Å². The first-order valence-corrected chi connectivity index (χ1v) is 8.90. The number of thiophene rings is 1. The number of hydrogen-bond acceptors (Lipinski definition) is 5. The number of anilines is 1. The highest BCUT2D eigenvalue weighted by Crippen LogP contribution is 2.47.